The predicted octanol–water partition coefficient (Wildman–Crippen LogP) is 3.78. The van der Waals surface area contributed by atoms with E-state index in [-0.39, 0.29) is 29.3 Å². The fourth-order valence-corrected chi connectivity index (χ4v) is 4.91. The summed E-state index contributed by atoms with van der Waals surface area (Å²) in [6, 6.07) is 13.4. The Hall–Kier alpha value is -2.69. The minimum atomic E-state index is -3.82. The Morgan fingerprint density at radius 2 is 1.86 bits per heavy atom. The Morgan fingerprint density at radius 3 is 2.41 bits per heavy atom. The second kappa shape index (κ2) is 8.36. The summed E-state index contributed by atoms with van der Waals surface area (Å²) in [5.41, 5.74) is 3.10. The molecule has 6 nitrogen and oxygen atoms in total. The molecule has 1 aliphatic carbocycles. The molecule has 0 aliphatic heterocycles. The number of nitrogens with one attached hydrogen (secondary N) is 1. The molecule has 0 aromatic heterocycles. The first-order valence-corrected chi connectivity index (χ1v) is 11.1. The number of benzene rings is 2. The average molecular weight is 412 g/mol. The molecule has 0 radical (unpaired) electrons. The van der Waals surface area contributed by atoms with Gasteiger partial charge in [-0.1, -0.05) is 32.0 Å². The normalized spacial score (nSPS) is 14.1. The van der Waals surface area contributed by atoms with Crippen molar-refractivity contribution < 1.29 is 13.2 Å². The summed E-state index contributed by atoms with van der Waals surface area (Å²) in [6.07, 6.45) is 1.48. The molecule has 0 spiro atoms. The number of sulfonamides is 1. The van der Waals surface area contributed by atoms with Gasteiger partial charge in [0.15, 0.2) is 0 Å². The van der Waals surface area contributed by atoms with Crippen LogP contribution >= 0.6 is 0 Å². The second-order valence-corrected chi connectivity index (χ2v) is 9.55. The van der Waals surface area contributed by atoms with Crippen LogP contribution in [0.15, 0.2) is 47.4 Å². The number of rotatable bonds is 7. The van der Waals surface area contributed by atoms with Crippen molar-refractivity contribution in [2.75, 3.05) is 11.9 Å². The zero-order valence-electron chi connectivity index (χ0n) is 16.8. The van der Waals surface area contributed by atoms with Crippen molar-refractivity contribution in [3.63, 3.8) is 0 Å². The molecular formula is C22H25N3O3S. The van der Waals surface area contributed by atoms with Crippen molar-refractivity contribution in [3.8, 4) is 6.07 Å². The van der Waals surface area contributed by atoms with Crippen molar-refractivity contribution in [1.82, 2.24) is 4.31 Å². The van der Waals surface area contributed by atoms with Gasteiger partial charge in [-0.25, -0.2) is 8.42 Å². The van der Waals surface area contributed by atoms with Gasteiger partial charge in [0.25, 0.3) is 0 Å². The first-order chi connectivity index (χ1) is 13.7. The van der Waals surface area contributed by atoms with Gasteiger partial charge in [0.05, 0.1) is 23.1 Å². The smallest absolute Gasteiger partial charge is 0.243 e. The summed E-state index contributed by atoms with van der Waals surface area (Å²) in [5, 5.41) is 11.8. The predicted molar refractivity (Wildman–Crippen MR) is 112 cm³/mol. The largest absolute Gasteiger partial charge is 0.324 e. The van der Waals surface area contributed by atoms with E-state index in [1.54, 1.807) is 0 Å². The van der Waals surface area contributed by atoms with Crippen molar-refractivity contribution in [1.29, 1.82) is 5.26 Å². The Labute approximate surface area is 172 Å². The molecule has 2 aromatic carbocycles. The van der Waals surface area contributed by atoms with Crippen LogP contribution < -0.4 is 5.32 Å². The van der Waals surface area contributed by atoms with E-state index in [0.717, 1.165) is 29.7 Å². The summed E-state index contributed by atoms with van der Waals surface area (Å²) in [7, 11) is -3.82. The fraction of sp³-hybridized carbons (Fsp3) is 0.364. The van der Waals surface area contributed by atoms with Crippen molar-refractivity contribution in [2.45, 2.75) is 50.5 Å². The Kier molecular flexibility index (Phi) is 6.06. The highest BCUT2D eigenvalue weighted by atomic mass is 32.2. The van der Waals surface area contributed by atoms with Crippen LogP contribution in [0.1, 0.15) is 49.3 Å². The van der Waals surface area contributed by atoms with E-state index in [4.69, 9.17) is 5.26 Å². The van der Waals surface area contributed by atoms with Gasteiger partial charge in [-0.05, 0) is 61.1 Å². The van der Waals surface area contributed by atoms with E-state index < -0.39 is 10.0 Å². The van der Waals surface area contributed by atoms with Gasteiger partial charge in [0, 0.05) is 11.7 Å². The van der Waals surface area contributed by atoms with Crippen LogP contribution in [0, 0.1) is 18.3 Å². The molecule has 0 unspecified atom stereocenters. The lowest BCUT2D eigenvalue weighted by Gasteiger charge is -2.23. The lowest BCUT2D eigenvalue weighted by molar-refractivity contribution is -0.116. The number of para-hydroxylation sites is 1. The SMILES string of the molecule is Cc1cccc(C(C)C)c1NC(=O)CN(C1CC1)S(=O)(=O)c1ccc(C#N)cc1. The minimum Gasteiger partial charge on any atom is -0.324 e. The molecule has 0 atom stereocenters. The van der Waals surface area contributed by atoms with E-state index in [9.17, 15) is 13.2 Å². The number of aryl methyl sites for hydroxylation is 1. The molecule has 29 heavy (non-hydrogen) atoms. The molecule has 1 fully saturated rings. The molecule has 0 heterocycles. The average Bonchev–Trinajstić information content (AvgIpc) is 3.52. The van der Waals surface area contributed by atoms with Gasteiger partial charge >= 0.3 is 0 Å². The van der Waals surface area contributed by atoms with Gasteiger partial charge in [0.2, 0.25) is 15.9 Å². The van der Waals surface area contributed by atoms with Crippen LogP contribution in [0.25, 0.3) is 0 Å². The van der Waals surface area contributed by atoms with Crippen LogP contribution in [0.2, 0.25) is 0 Å². The number of anilines is 1. The van der Waals surface area contributed by atoms with E-state index in [2.05, 4.69) is 19.2 Å². The van der Waals surface area contributed by atoms with Crippen molar-refractivity contribution >= 4 is 21.6 Å². The molecule has 1 saturated carbocycles. The summed E-state index contributed by atoms with van der Waals surface area (Å²) < 4.78 is 27.5. The summed E-state index contributed by atoms with van der Waals surface area (Å²) in [5.74, 6) is -0.127. The molecule has 1 aliphatic rings. The molecule has 0 saturated heterocycles. The number of carbonyl (C=O) groups is 1. The molecular weight excluding hydrogens is 386 g/mol. The van der Waals surface area contributed by atoms with Gasteiger partial charge in [-0.2, -0.15) is 9.57 Å². The zero-order chi connectivity index (χ0) is 21.2. The van der Waals surface area contributed by atoms with Gasteiger partial charge in [0.1, 0.15) is 0 Å². The summed E-state index contributed by atoms with van der Waals surface area (Å²) in [4.78, 5) is 12.9. The topological polar surface area (TPSA) is 90.3 Å². The zero-order valence-corrected chi connectivity index (χ0v) is 17.7. The van der Waals surface area contributed by atoms with E-state index in [1.807, 2.05) is 31.2 Å². The number of amides is 1. The third-order valence-electron chi connectivity index (χ3n) is 5.04. The highest BCUT2D eigenvalue weighted by Crippen LogP contribution is 2.32. The van der Waals surface area contributed by atoms with Crippen LogP contribution in [-0.4, -0.2) is 31.2 Å². The Balaban J connectivity index is 1.83. The summed E-state index contributed by atoms with van der Waals surface area (Å²) in [6.45, 7) is 5.79. The van der Waals surface area contributed by atoms with Crippen molar-refractivity contribution in [3.05, 3.63) is 59.2 Å². The monoisotopic (exact) mass is 411 g/mol. The number of hydrogen-bond acceptors (Lipinski definition) is 4. The molecule has 1 amide bonds. The van der Waals surface area contributed by atoms with E-state index in [1.165, 1.54) is 28.6 Å². The van der Waals surface area contributed by atoms with Gasteiger partial charge < -0.3 is 5.32 Å². The van der Waals surface area contributed by atoms with Gasteiger partial charge in [-0.3, -0.25) is 4.79 Å². The lowest BCUT2D eigenvalue weighted by atomic mass is 9.98. The van der Waals surface area contributed by atoms with E-state index >= 15 is 0 Å². The number of carbonyl (C=O) groups excluding carboxylic acids is 1. The first kappa shape index (κ1) is 21.0. The van der Waals surface area contributed by atoms with Crippen LogP contribution in [0.4, 0.5) is 5.69 Å². The number of nitrogens with zero attached hydrogens (tertiary/aromatic N) is 2. The molecule has 152 valence electrons. The highest BCUT2D eigenvalue weighted by molar-refractivity contribution is 7.89. The summed E-state index contributed by atoms with van der Waals surface area (Å²) >= 11 is 0. The second-order valence-electron chi connectivity index (χ2n) is 7.66. The lowest BCUT2D eigenvalue weighted by Crippen LogP contribution is -2.39. The Morgan fingerprint density at radius 1 is 1.21 bits per heavy atom. The van der Waals surface area contributed by atoms with Crippen LogP contribution in [0.3, 0.4) is 0 Å². The van der Waals surface area contributed by atoms with E-state index in [0.29, 0.717) is 5.56 Å². The maximum atomic E-state index is 13.1. The molecule has 3 rings (SSSR count). The fourth-order valence-electron chi connectivity index (χ4n) is 3.27. The molecule has 1 N–H and O–H groups in total. The number of nitriles is 1. The maximum Gasteiger partial charge on any atom is 0.243 e. The standard InChI is InChI=1S/C22H25N3O3S/c1-15(2)20-6-4-5-16(3)22(20)24-21(26)14-25(18-9-10-18)29(27,28)19-11-7-17(13-23)8-12-19/h4-8,11-12,15,18H,9-10,14H2,1-3H3,(H,24,26). The first-order valence-electron chi connectivity index (χ1n) is 9.65. The van der Waals surface area contributed by atoms with Crippen LogP contribution in [-0.2, 0) is 14.8 Å². The number of hydrogen-bond donors (Lipinski definition) is 1. The minimum absolute atomic E-state index is 0.0926. The highest BCUT2D eigenvalue weighted by Gasteiger charge is 2.39. The maximum absolute atomic E-state index is 13.1. The van der Waals surface area contributed by atoms with Crippen molar-refractivity contribution in [2.24, 2.45) is 0 Å². The van der Waals surface area contributed by atoms with Crippen LogP contribution in [0.5, 0.6) is 0 Å². The molecule has 0 bridgehead atoms. The van der Waals surface area contributed by atoms with Gasteiger partial charge in [-0.15, -0.1) is 0 Å². The quantitative estimate of drug-likeness (QED) is 0.751. The molecule has 7 heteroatoms. The Bertz CT molecular complexity index is 1050. The molecule has 2 aromatic rings. The third kappa shape index (κ3) is 4.66. The third-order valence-corrected chi connectivity index (χ3v) is 6.95.